The molecule has 0 spiro atoms. The number of benzene rings is 2. The van der Waals surface area contributed by atoms with Crippen LogP contribution in [0.2, 0.25) is 0 Å². The monoisotopic (exact) mass is 326 g/mol. The van der Waals surface area contributed by atoms with Gasteiger partial charge in [0.15, 0.2) is 0 Å². The first-order valence-corrected chi connectivity index (χ1v) is 8.46. The van der Waals surface area contributed by atoms with Gasteiger partial charge in [0.2, 0.25) is 0 Å². The third-order valence-electron chi connectivity index (χ3n) is 4.61. The Labute approximate surface area is 144 Å². The van der Waals surface area contributed by atoms with E-state index in [1.165, 1.54) is 11.1 Å². The van der Waals surface area contributed by atoms with Gasteiger partial charge in [0.1, 0.15) is 11.5 Å². The quantitative estimate of drug-likeness (QED) is 0.916. The maximum absolute atomic E-state index is 5.67. The molecule has 2 aromatic carbocycles. The summed E-state index contributed by atoms with van der Waals surface area (Å²) in [6.07, 6.45) is 0. The first-order chi connectivity index (χ1) is 11.7. The molecule has 1 unspecified atom stereocenters. The van der Waals surface area contributed by atoms with Crippen LogP contribution in [0.4, 0.5) is 0 Å². The van der Waals surface area contributed by atoms with Crippen LogP contribution in [-0.2, 0) is 0 Å². The zero-order valence-electron chi connectivity index (χ0n) is 14.7. The average Bonchev–Trinajstić information content (AvgIpc) is 2.63. The average molecular weight is 326 g/mol. The van der Waals surface area contributed by atoms with E-state index in [2.05, 4.69) is 47.5 Å². The molecular formula is C20H26N2O2. The molecule has 0 saturated carbocycles. The van der Waals surface area contributed by atoms with E-state index < -0.39 is 0 Å². The lowest BCUT2D eigenvalue weighted by Crippen LogP contribution is -2.45. The van der Waals surface area contributed by atoms with Gasteiger partial charge in [-0.15, -0.1) is 0 Å². The summed E-state index contributed by atoms with van der Waals surface area (Å²) in [5, 5.41) is 3.44. The van der Waals surface area contributed by atoms with Crippen LogP contribution in [0.3, 0.4) is 0 Å². The summed E-state index contributed by atoms with van der Waals surface area (Å²) < 4.78 is 11.1. The fraction of sp³-hybridized carbons (Fsp3) is 0.400. The molecule has 0 aromatic heterocycles. The van der Waals surface area contributed by atoms with Crippen LogP contribution < -0.4 is 14.8 Å². The lowest BCUT2D eigenvalue weighted by Gasteiger charge is -2.36. The molecule has 2 aromatic rings. The molecule has 128 valence electrons. The van der Waals surface area contributed by atoms with Gasteiger partial charge >= 0.3 is 0 Å². The highest BCUT2D eigenvalue weighted by atomic mass is 16.5. The minimum Gasteiger partial charge on any atom is -0.497 e. The van der Waals surface area contributed by atoms with Crippen molar-refractivity contribution in [3.8, 4) is 11.5 Å². The van der Waals surface area contributed by atoms with Crippen molar-refractivity contribution in [1.29, 1.82) is 0 Å². The van der Waals surface area contributed by atoms with E-state index >= 15 is 0 Å². The van der Waals surface area contributed by atoms with E-state index in [0.717, 1.165) is 43.2 Å². The number of aryl methyl sites for hydroxylation is 1. The molecule has 0 amide bonds. The zero-order valence-corrected chi connectivity index (χ0v) is 14.7. The molecule has 0 bridgehead atoms. The van der Waals surface area contributed by atoms with E-state index in [1.807, 2.05) is 12.1 Å². The van der Waals surface area contributed by atoms with Crippen LogP contribution in [0, 0.1) is 6.92 Å². The molecule has 0 radical (unpaired) electrons. The highest BCUT2D eigenvalue weighted by molar-refractivity contribution is 5.46. The second-order valence-electron chi connectivity index (χ2n) is 6.21. The first kappa shape index (κ1) is 16.8. The largest absolute Gasteiger partial charge is 0.497 e. The lowest BCUT2D eigenvalue weighted by molar-refractivity contribution is 0.195. The predicted molar refractivity (Wildman–Crippen MR) is 97.0 cm³/mol. The van der Waals surface area contributed by atoms with Gasteiger partial charge in [-0.25, -0.2) is 0 Å². The van der Waals surface area contributed by atoms with Crippen molar-refractivity contribution < 1.29 is 9.47 Å². The molecule has 1 fully saturated rings. The van der Waals surface area contributed by atoms with E-state index in [1.54, 1.807) is 14.2 Å². The highest BCUT2D eigenvalue weighted by Crippen LogP contribution is 2.37. The number of nitrogens with one attached hydrogen (secondary N) is 1. The SMILES string of the molecule is COc1ccc(OC)c(C(c2cccc(C)c2)N2CCNCC2)c1. The summed E-state index contributed by atoms with van der Waals surface area (Å²) in [6, 6.07) is 15.0. The van der Waals surface area contributed by atoms with Gasteiger partial charge in [0, 0.05) is 31.7 Å². The number of ether oxygens (including phenoxy) is 2. The van der Waals surface area contributed by atoms with Crippen molar-refractivity contribution in [3.05, 3.63) is 59.2 Å². The summed E-state index contributed by atoms with van der Waals surface area (Å²) in [7, 11) is 3.44. The molecule has 1 aliphatic rings. The Balaban J connectivity index is 2.10. The Morgan fingerprint density at radius 1 is 1.00 bits per heavy atom. The Kier molecular flexibility index (Phi) is 5.38. The van der Waals surface area contributed by atoms with Crippen molar-refractivity contribution in [1.82, 2.24) is 10.2 Å². The van der Waals surface area contributed by atoms with Gasteiger partial charge in [-0.05, 0) is 30.7 Å². The molecule has 1 saturated heterocycles. The molecule has 4 nitrogen and oxygen atoms in total. The molecule has 1 atom stereocenters. The molecule has 0 aliphatic carbocycles. The number of rotatable bonds is 5. The Hall–Kier alpha value is -2.04. The molecule has 24 heavy (non-hydrogen) atoms. The molecule has 3 rings (SSSR count). The Morgan fingerprint density at radius 2 is 1.79 bits per heavy atom. The molecule has 1 heterocycles. The van der Waals surface area contributed by atoms with Crippen LogP contribution in [0.1, 0.15) is 22.7 Å². The number of hydrogen-bond donors (Lipinski definition) is 1. The normalized spacial score (nSPS) is 16.6. The van der Waals surface area contributed by atoms with Crippen molar-refractivity contribution in [2.75, 3.05) is 40.4 Å². The van der Waals surface area contributed by atoms with E-state index in [4.69, 9.17) is 9.47 Å². The molecular weight excluding hydrogens is 300 g/mol. The van der Waals surface area contributed by atoms with Crippen molar-refractivity contribution in [3.63, 3.8) is 0 Å². The maximum atomic E-state index is 5.67. The minimum atomic E-state index is 0.164. The summed E-state index contributed by atoms with van der Waals surface area (Å²) in [4.78, 5) is 2.52. The van der Waals surface area contributed by atoms with Crippen LogP contribution in [0.15, 0.2) is 42.5 Å². The van der Waals surface area contributed by atoms with Gasteiger partial charge in [0.05, 0.1) is 20.3 Å². The van der Waals surface area contributed by atoms with Crippen molar-refractivity contribution >= 4 is 0 Å². The zero-order chi connectivity index (χ0) is 16.9. The van der Waals surface area contributed by atoms with Gasteiger partial charge < -0.3 is 14.8 Å². The van der Waals surface area contributed by atoms with Crippen molar-refractivity contribution in [2.24, 2.45) is 0 Å². The van der Waals surface area contributed by atoms with Crippen LogP contribution >= 0.6 is 0 Å². The number of hydrogen-bond acceptors (Lipinski definition) is 4. The topological polar surface area (TPSA) is 33.7 Å². The van der Waals surface area contributed by atoms with Gasteiger partial charge in [-0.2, -0.15) is 0 Å². The summed E-state index contributed by atoms with van der Waals surface area (Å²) >= 11 is 0. The summed E-state index contributed by atoms with van der Waals surface area (Å²) in [5.74, 6) is 1.76. The van der Waals surface area contributed by atoms with E-state index in [0.29, 0.717) is 0 Å². The number of nitrogens with zero attached hydrogens (tertiary/aromatic N) is 1. The fourth-order valence-electron chi connectivity index (χ4n) is 3.42. The van der Waals surface area contributed by atoms with Gasteiger partial charge in [0.25, 0.3) is 0 Å². The summed E-state index contributed by atoms with van der Waals surface area (Å²) in [5.41, 5.74) is 3.72. The smallest absolute Gasteiger partial charge is 0.124 e. The minimum absolute atomic E-state index is 0.164. The molecule has 1 aliphatic heterocycles. The Bertz CT molecular complexity index is 681. The lowest BCUT2D eigenvalue weighted by atomic mass is 9.94. The maximum Gasteiger partial charge on any atom is 0.124 e. The highest BCUT2D eigenvalue weighted by Gasteiger charge is 2.27. The van der Waals surface area contributed by atoms with Gasteiger partial charge in [-0.3, -0.25) is 4.90 Å². The van der Waals surface area contributed by atoms with Crippen LogP contribution in [0.5, 0.6) is 11.5 Å². The third-order valence-corrected chi connectivity index (χ3v) is 4.61. The standard InChI is InChI=1S/C20H26N2O2/c1-15-5-4-6-16(13-15)20(22-11-9-21-10-12-22)18-14-17(23-2)7-8-19(18)24-3/h4-8,13-14,20-21H,9-12H2,1-3H3. The predicted octanol–water partition coefficient (Wildman–Crippen LogP) is 3.01. The number of piperazine rings is 1. The third kappa shape index (κ3) is 3.55. The summed E-state index contributed by atoms with van der Waals surface area (Å²) in [6.45, 7) is 6.18. The van der Waals surface area contributed by atoms with E-state index in [-0.39, 0.29) is 6.04 Å². The fourth-order valence-corrected chi connectivity index (χ4v) is 3.42. The molecule has 1 N–H and O–H groups in total. The first-order valence-electron chi connectivity index (χ1n) is 8.46. The van der Waals surface area contributed by atoms with Crippen LogP contribution in [-0.4, -0.2) is 45.3 Å². The second-order valence-corrected chi connectivity index (χ2v) is 6.21. The van der Waals surface area contributed by atoms with Gasteiger partial charge in [-0.1, -0.05) is 29.8 Å². The van der Waals surface area contributed by atoms with E-state index in [9.17, 15) is 0 Å². The van der Waals surface area contributed by atoms with Crippen LogP contribution in [0.25, 0.3) is 0 Å². The number of methoxy groups -OCH3 is 2. The van der Waals surface area contributed by atoms with Crippen molar-refractivity contribution in [2.45, 2.75) is 13.0 Å². The second kappa shape index (κ2) is 7.69. The molecule has 4 heteroatoms. The Morgan fingerprint density at radius 3 is 2.46 bits per heavy atom.